The minimum atomic E-state index is 0. The molecule has 0 atom stereocenters. The van der Waals surface area contributed by atoms with Crippen molar-refractivity contribution < 1.29 is 50.3 Å². The van der Waals surface area contributed by atoms with Gasteiger partial charge in [0.05, 0.1) is 42.9 Å². The summed E-state index contributed by atoms with van der Waals surface area (Å²) in [6, 6.07) is 17.8. The van der Waals surface area contributed by atoms with Crippen molar-refractivity contribution in [1.29, 1.82) is 0 Å². The fraction of sp³-hybridized carbons (Fsp3) is 0.488. The van der Waals surface area contributed by atoms with Crippen LogP contribution in [0.15, 0.2) is 60.9 Å². The standard InChI is InChI=1S/C21H25N5O2.C16H21N3O.C5H5ClN2O.CH4.Na.H/c1-27-20-7-9-22-21(24-20)28-14-15-5-6-18-17(13-15)23-19-8-10-25(11-12-26(18)19)16-3-2-4-16;20-11-12-4-5-15-14(10-12)17-16-6-7-18(8-9-19(15)16)13-2-1-3-13;1-9-4-2-3-7-5(6)8-4;;;/h5-7,9,13,16H,2-4,8,10-12,14H2,1H3;4-5,10,13,20H,1-3,6-9,11H2;2-3H,1H3;1H4;;/q;;;;+1;-1. The van der Waals surface area contributed by atoms with Crippen LogP contribution in [0.4, 0.5) is 0 Å². The SMILES string of the molecule is C.COc1ccnc(Cl)n1.COc1ccnc(OCc2ccc3c(c2)nc2n3CCN(C3CCC3)CC2)n1.OCc1ccc2c(c1)nc1n2CCN(C2CCC2)CC1.[H-].[Na+]. The van der Waals surface area contributed by atoms with Gasteiger partial charge < -0.3 is 29.9 Å². The Hall–Kier alpha value is -3.89. The molecule has 4 aliphatic rings. The van der Waals surface area contributed by atoms with Crippen LogP contribution in [0.25, 0.3) is 22.1 Å². The monoisotopic (exact) mass is 834 g/mol. The van der Waals surface area contributed by atoms with Gasteiger partial charge in [0.25, 0.3) is 0 Å². The van der Waals surface area contributed by atoms with Gasteiger partial charge in [-0.05, 0) is 72.7 Å². The van der Waals surface area contributed by atoms with E-state index in [2.05, 4.69) is 63.1 Å². The molecule has 0 bridgehead atoms. The molecule has 14 nitrogen and oxygen atoms in total. The molecule has 0 radical (unpaired) electrons. The van der Waals surface area contributed by atoms with Gasteiger partial charge in [-0.15, -0.1) is 0 Å². The zero-order valence-corrected chi connectivity index (χ0v) is 36.5. The first-order chi connectivity index (χ1) is 28.0. The Labute approximate surface area is 375 Å². The summed E-state index contributed by atoms with van der Waals surface area (Å²) in [7, 11) is 3.10. The summed E-state index contributed by atoms with van der Waals surface area (Å²) >= 11 is 5.42. The second kappa shape index (κ2) is 21.1. The molecule has 4 aromatic heterocycles. The van der Waals surface area contributed by atoms with E-state index in [4.69, 9.17) is 35.8 Å². The molecule has 6 aromatic rings. The Kier molecular flexibility index (Phi) is 15.9. The van der Waals surface area contributed by atoms with Gasteiger partial charge in [0, 0.05) is 88.7 Å². The van der Waals surface area contributed by atoms with E-state index in [1.54, 1.807) is 25.4 Å². The second-order valence-corrected chi connectivity index (χ2v) is 15.3. The van der Waals surface area contributed by atoms with E-state index in [0.717, 1.165) is 86.4 Å². The van der Waals surface area contributed by atoms with E-state index >= 15 is 0 Å². The maximum atomic E-state index is 9.23. The molecule has 2 saturated carbocycles. The number of fused-ring (bicyclic) bond motifs is 6. The van der Waals surface area contributed by atoms with Crippen LogP contribution in [0.3, 0.4) is 0 Å². The van der Waals surface area contributed by atoms with Crippen LogP contribution in [0, 0.1) is 0 Å². The number of benzene rings is 2. The number of methoxy groups -OCH3 is 2. The van der Waals surface area contributed by atoms with Gasteiger partial charge in [-0.2, -0.15) is 9.97 Å². The van der Waals surface area contributed by atoms with Gasteiger partial charge in [-0.1, -0.05) is 32.4 Å². The molecule has 2 aromatic carbocycles. The van der Waals surface area contributed by atoms with Crippen LogP contribution < -0.4 is 43.8 Å². The molecule has 2 aliphatic carbocycles. The number of rotatable bonds is 8. The van der Waals surface area contributed by atoms with Gasteiger partial charge in [0.2, 0.25) is 17.0 Å². The zero-order chi connectivity index (χ0) is 39.1. The van der Waals surface area contributed by atoms with Crippen LogP contribution in [-0.2, 0) is 39.1 Å². The Bertz CT molecular complexity index is 2290. The van der Waals surface area contributed by atoms with E-state index in [9.17, 15) is 5.11 Å². The van der Waals surface area contributed by atoms with Gasteiger partial charge in [-0.3, -0.25) is 9.80 Å². The number of ether oxygens (including phenoxy) is 3. The molecule has 2 aliphatic heterocycles. The van der Waals surface area contributed by atoms with Gasteiger partial charge in [-0.25, -0.2) is 19.9 Å². The maximum Gasteiger partial charge on any atom is 1.00 e. The summed E-state index contributed by atoms with van der Waals surface area (Å²) in [5, 5.41) is 9.44. The third-order valence-electron chi connectivity index (χ3n) is 11.6. The Balaban J connectivity index is 0.000000187. The van der Waals surface area contributed by atoms with Gasteiger partial charge in [0.15, 0.2) is 0 Å². The van der Waals surface area contributed by atoms with Crippen molar-refractivity contribution in [1.82, 2.24) is 48.8 Å². The first-order valence-corrected chi connectivity index (χ1v) is 20.4. The Morgan fingerprint density at radius 2 is 1.20 bits per heavy atom. The minimum absolute atomic E-state index is 0. The van der Waals surface area contributed by atoms with E-state index in [-0.39, 0.29) is 50.3 Å². The summed E-state index contributed by atoms with van der Waals surface area (Å²) in [5.74, 6) is 3.38. The van der Waals surface area contributed by atoms with E-state index in [1.807, 2.05) is 12.1 Å². The third kappa shape index (κ3) is 10.7. The predicted octanol–water partition coefficient (Wildman–Crippen LogP) is 3.65. The van der Waals surface area contributed by atoms with E-state index in [0.29, 0.717) is 24.4 Å². The van der Waals surface area contributed by atoms with Crippen molar-refractivity contribution in [2.45, 2.75) is 97.2 Å². The molecule has 0 unspecified atom stereocenters. The minimum Gasteiger partial charge on any atom is -1.00 e. The van der Waals surface area contributed by atoms with Crippen LogP contribution in [-0.4, -0.2) is 106 Å². The summed E-state index contributed by atoms with van der Waals surface area (Å²) in [4.78, 5) is 30.7. The molecular formula is C43H56ClN10NaO4. The topological polar surface area (TPSA) is 142 Å². The van der Waals surface area contributed by atoms with E-state index < -0.39 is 0 Å². The summed E-state index contributed by atoms with van der Waals surface area (Å²) in [5.41, 5.74) is 6.51. The van der Waals surface area contributed by atoms with Gasteiger partial charge in [0.1, 0.15) is 18.3 Å². The first-order valence-electron chi connectivity index (χ1n) is 20.1. The Morgan fingerprint density at radius 1 is 0.678 bits per heavy atom. The quantitative estimate of drug-likeness (QED) is 0.177. The zero-order valence-electron chi connectivity index (χ0n) is 34.8. The van der Waals surface area contributed by atoms with Crippen LogP contribution in [0.2, 0.25) is 5.28 Å². The summed E-state index contributed by atoms with van der Waals surface area (Å²) < 4.78 is 20.4. The van der Waals surface area contributed by atoms with Gasteiger partial charge >= 0.3 is 35.6 Å². The molecule has 0 saturated heterocycles. The maximum absolute atomic E-state index is 9.23. The number of imidazole rings is 2. The molecular weight excluding hydrogens is 779 g/mol. The fourth-order valence-corrected chi connectivity index (χ4v) is 8.15. The third-order valence-corrected chi connectivity index (χ3v) is 11.8. The second-order valence-electron chi connectivity index (χ2n) is 14.9. The normalized spacial score (nSPS) is 16.8. The molecule has 310 valence electrons. The fourth-order valence-electron chi connectivity index (χ4n) is 8.01. The Morgan fingerprint density at radius 3 is 1.69 bits per heavy atom. The molecule has 16 heteroatoms. The van der Waals surface area contributed by atoms with Crippen molar-refractivity contribution in [3.8, 4) is 17.8 Å². The first kappa shape index (κ1) is 44.7. The number of halogens is 1. The summed E-state index contributed by atoms with van der Waals surface area (Å²) in [6.07, 6.45) is 13.5. The largest absolute Gasteiger partial charge is 1.00 e. The van der Waals surface area contributed by atoms with Crippen molar-refractivity contribution >= 4 is 33.7 Å². The molecule has 59 heavy (non-hydrogen) atoms. The molecule has 6 heterocycles. The van der Waals surface area contributed by atoms with E-state index in [1.165, 1.54) is 74.5 Å². The number of hydrogen-bond donors (Lipinski definition) is 1. The van der Waals surface area contributed by atoms with Crippen molar-refractivity contribution in [2.75, 3.05) is 40.4 Å². The number of aromatic nitrogens is 8. The molecule has 10 rings (SSSR count). The average Bonchev–Trinajstić information content (AvgIpc) is 3.56. The van der Waals surface area contributed by atoms with Crippen molar-refractivity contribution in [3.05, 3.63) is 89.0 Å². The average molecular weight is 835 g/mol. The number of nitrogens with zero attached hydrogens (tertiary/aromatic N) is 10. The predicted molar refractivity (Wildman–Crippen MR) is 226 cm³/mol. The molecule has 2 fully saturated rings. The number of aliphatic hydroxyl groups excluding tert-OH is 1. The molecule has 0 amide bonds. The van der Waals surface area contributed by atoms with Crippen LogP contribution in [0.1, 0.15) is 70.2 Å². The van der Waals surface area contributed by atoms with Crippen LogP contribution in [0.5, 0.6) is 17.8 Å². The number of aliphatic hydroxyl groups is 1. The number of hydrogen-bond acceptors (Lipinski definition) is 12. The summed E-state index contributed by atoms with van der Waals surface area (Å²) in [6.45, 7) is 7.09. The van der Waals surface area contributed by atoms with Crippen molar-refractivity contribution in [2.24, 2.45) is 0 Å². The smallest absolute Gasteiger partial charge is 1.00 e. The molecule has 1 N–H and O–H groups in total. The van der Waals surface area contributed by atoms with Crippen molar-refractivity contribution in [3.63, 3.8) is 0 Å². The van der Waals surface area contributed by atoms with Crippen LogP contribution >= 0.6 is 11.6 Å². The molecule has 0 spiro atoms.